The highest BCUT2D eigenvalue weighted by atomic mass is 127. The van der Waals surface area contributed by atoms with E-state index in [2.05, 4.69) is 47.1 Å². The van der Waals surface area contributed by atoms with Crippen molar-refractivity contribution in [3.63, 3.8) is 0 Å². The molecule has 2 aromatic carbocycles. The number of nitrogens with one attached hydrogen (secondary N) is 2. The Balaban J connectivity index is 1.96. The predicted octanol–water partition coefficient (Wildman–Crippen LogP) is 4.68. The molecule has 2 aromatic rings. The number of thiocarbonyl (C=S) groups is 1. The van der Waals surface area contributed by atoms with E-state index in [9.17, 15) is 9.59 Å². The number of rotatable bonds is 7. The highest BCUT2D eigenvalue weighted by Crippen LogP contribution is 2.13. The van der Waals surface area contributed by atoms with Gasteiger partial charge in [-0.3, -0.25) is 14.9 Å². The van der Waals surface area contributed by atoms with E-state index in [1.54, 1.807) is 36.4 Å². The van der Waals surface area contributed by atoms with Crippen LogP contribution in [0.2, 0.25) is 0 Å². The molecule has 0 radical (unpaired) electrons. The SMILES string of the molecule is CCCN(CCC)C(=O)c1ccc(NC(=S)NC(=O)c2cccc(I)c2)cc1. The molecular weight excluding hydrogens is 485 g/mol. The van der Waals surface area contributed by atoms with E-state index >= 15 is 0 Å². The summed E-state index contributed by atoms with van der Waals surface area (Å²) in [6.07, 6.45) is 1.86. The van der Waals surface area contributed by atoms with Crippen molar-refractivity contribution < 1.29 is 9.59 Å². The molecule has 0 fully saturated rings. The zero-order valence-corrected chi connectivity index (χ0v) is 19.0. The molecule has 2 rings (SSSR count). The highest BCUT2D eigenvalue weighted by Gasteiger charge is 2.14. The normalized spacial score (nSPS) is 10.2. The average molecular weight is 509 g/mol. The van der Waals surface area contributed by atoms with Gasteiger partial charge >= 0.3 is 0 Å². The number of halogens is 1. The Bertz CT molecular complexity index is 834. The third-order valence-corrected chi connectivity index (χ3v) is 4.85. The van der Waals surface area contributed by atoms with Gasteiger partial charge in [0.15, 0.2) is 5.11 Å². The summed E-state index contributed by atoms with van der Waals surface area (Å²) >= 11 is 7.37. The molecule has 2 N–H and O–H groups in total. The first-order chi connectivity index (χ1) is 13.4. The van der Waals surface area contributed by atoms with Crippen molar-refractivity contribution in [3.05, 3.63) is 63.2 Å². The van der Waals surface area contributed by atoms with Crippen LogP contribution in [0.15, 0.2) is 48.5 Å². The average Bonchev–Trinajstić information content (AvgIpc) is 2.67. The Kier molecular flexibility index (Phi) is 8.85. The van der Waals surface area contributed by atoms with Crippen LogP contribution in [0.1, 0.15) is 47.4 Å². The zero-order valence-electron chi connectivity index (χ0n) is 16.0. The zero-order chi connectivity index (χ0) is 20.5. The van der Waals surface area contributed by atoms with E-state index in [0.29, 0.717) is 16.8 Å². The molecule has 2 amide bonds. The summed E-state index contributed by atoms with van der Waals surface area (Å²) in [5.74, 6) is -0.234. The van der Waals surface area contributed by atoms with Crippen molar-refractivity contribution in [2.24, 2.45) is 0 Å². The number of nitrogens with zero attached hydrogens (tertiary/aromatic N) is 1. The monoisotopic (exact) mass is 509 g/mol. The second-order valence-electron chi connectivity index (χ2n) is 6.29. The Morgan fingerprint density at radius 1 is 1.00 bits per heavy atom. The fourth-order valence-corrected chi connectivity index (χ4v) is 3.45. The number of amides is 2. The van der Waals surface area contributed by atoms with E-state index in [-0.39, 0.29) is 16.9 Å². The van der Waals surface area contributed by atoms with E-state index in [0.717, 1.165) is 29.5 Å². The van der Waals surface area contributed by atoms with Gasteiger partial charge in [-0.05, 0) is 90.1 Å². The summed E-state index contributed by atoms with van der Waals surface area (Å²) in [4.78, 5) is 26.7. The number of hydrogen-bond donors (Lipinski definition) is 2. The van der Waals surface area contributed by atoms with Crippen molar-refractivity contribution in [3.8, 4) is 0 Å². The smallest absolute Gasteiger partial charge is 0.257 e. The van der Waals surface area contributed by atoms with Crippen LogP contribution in [0.4, 0.5) is 5.69 Å². The van der Waals surface area contributed by atoms with Crippen LogP contribution in [0.3, 0.4) is 0 Å². The molecule has 0 bridgehead atoms. The van der Waals surface area contributed by atoms with Gasteiger partial charge in [0.1, 0.15) is 0 Å². The van der Waals surface area contributed by atoms with E-state index in [1.807, 2.05) is 17.0 Å². The van der Waals surface area contributed by atoms with Crippen LogP contribution in [0.25, 0.3) is 0 Å². The maximum atomic E-state index is 12.6. The van der Waals surface area contributed by atoms with Gasteiger partial charge in [0.05, 0.1) is 0 Å². The summed E-state index contributed by atoms with van der Waals surface area (Å²) in [6.45, 7) is 5.63. The third kappa shape index (κ3) is 6.56. The molecule has 0 saturated carbocycles. The van der Waals surface area contributed by atoms with Gasteiger partial charge in [0.25, 0.3) is 11.8 Å². The summed E-state index contributed by atoms with van der Waals surface area (Å²) in [6, 6.07) is 14.4. The fourth-order valence-electron chi connectivity index (χ4n) is 2.70. The molecule has 0 unspecified atom stereocenters. The third-order valence-electron chi connectivity index (χ3n) is 3.98. The van der Waals surface area contributed by atoms with Gasteiger partial charge < -0.3 is 10.2 Å². The van der Waals surface area contributed by atoms with Crippen LogP contribution >= 0.6 is 34.8 Å². The van der Waals surface area contributed by atoms with Gasteiger partial charge in [-0.25, -0.2) is 0 Å². The topological polar surface area (TPSA) is 61.4 Å². The summed E-state index contributed by atoms with van der Waals surface area (Å²) in [5.41, 5.74) is 1.90. The lowest BCUT2D eigenvalue weighted by molar-refractivity contribution is 0.0755. The van der Waals surface area contributed by atoms with Crippen molar-refractivity contribution in [1.82, 2.24) is 10.2 Å². The standard InChI is InChI=1S/C21H24IN3O2S/c1-3-12-25(13-4-2)20(27)15-8-10-18(11-9-15)23-21(28)24-19(26)16-6-5-7-17(22)14-16/h5-11,14H,3-4,12-13H2,1-2H3,(H2,23,24,26,28). The first-order valence-corrected chi connectivity index (χ1v) is 10.7. The van der Waals surface area contributed by atoms with Crippen molar-refractivity contribution in [1.29, 1.82) is 0 Å². The summed E-state index contributed by atoms with van der Waals surface area (Å²) in [5, 5.41) is 5.85. The molecule has 148 valence electrons. The van der Waals surface area contributed by atoms with Crippen LogP contribution in [0, 0.1) is 3.57 Å². The Hall–Kier alpha value is -2.00. The molecule has 0 saturated heterocycles. The van der Waals surface area contributed by atoms with Crippen LogP contribution in [-0.4, -0.2) is 34.9 Å². The maximum absolute atomic E-state index is 12.6. The molecule has 7 heteroatoms. The molecule has 0 aliphatic carbocycles. The van der Waals surface area contributed by atoms with Crippen molar-refractivity contribution in [2.75, 3.05) is 18.4 Å². The summed E-state index contributed by atoms with van der Waals surface area (Å²) < 4.78 is 0.976. The van der Waals surface area contributed by atoms with Gasteiger partial charge in [-0.2, -0.15) is 0 Å². The second kappa shape index (κ2) is 11.1. The molecule has 5 nitrogen and oxygen atoms in total. The van der Waals surface area contributed by atoms with Crippen LogP contribution in [-0.2, 0) is 0 Å². The van der Waals surface area contributed by atoms with E-state index in [4.69, 9.17) is 12.2 Å². The number of benzene rings is 2. The minimum Gasteiger partial charge on any atom is -0.339 e. The molecule has 0 heterocycles. The molecule has 0 spiro atoms. The molecule has 28 heavy (non-hydrogen) atoms. The number of carbonyl (C=O) groups is 2. The van der Waals surface area contributed by atoms with Crippen LogP contribution in [0.5, 0.6) is 0 Å². The van der Waals surface area contributed by atoms with Gasteiger partial charge in [0.2, 0.25) is 0 Å². The Morgan fingerprint density at radius 3 is 2.21 bits per heavy atom. The highest BCUT2D eigenvalue weighted by molar-refractivity contribution is 14.1. The fraction of sp³-hybridized carbons (Fsp3) is 0.286. The molecular formula is C21H24IN3O2S. The molecule has 0 aliphatic heterocycles. The summed E-state index contributed by atoms with van der Waals surface area (Å²) in [7, 11) is 0. The maximum Gasteiger partial charge on any atom is 0.257 e. The number of anilines is 1. The van der Waals surface area contributed by atoms with Gasteiger partial charge in [-0.1, -0.05) is 19.9 Å². The minimum absolute atomic E-state index is 0.0322. The quantitative estimate of drug-likeness (QED) is 0.421. The first kappa shape index (κ1) is 22.3. The number of carbonyl (C=O) groups excluding carboxylic acids is 2. The Labute approximate surface area is 185 Å². The van der Waals surface area contributed by atoms with Crippen molar-refractivity contribution in [2.45, 2.75) is 26.7 Å². The minimum atomic E-state index is -0.266. The van der Waals surface area contributed by atoms with Crippen molar-refractivity contribution >= 4 is 57.4 Å². The molecule has 0 aliphatic rings. The lowest BCUT2D eigenvalue weighted by Gasteiger charge is -2.21. The first-order valence-electron chi connectivity index (χ1n) is 9.21. The Morgan fingerprint density at radius 2 is 1.64 bits per heavy atom. The van der Waals surface area contributed by atoms with Crippen LogP contribution < -0.4 is 10.6 Å². The van der Waals surface area contributed by atoms with Gasteiger partial charge in [-0.15, -0.1) is 0 Å². The molecule has 0 aromatic heterocycles. The largest absolute Gasteiger partial charge is 0.339 e. The second-order valence-corrected chi connectivity index (χ2v) is 7.94. The molecule has 0 atom stereocenters. The predicted molar refractivity (Wildman–Crippen MR) is 126 cm³/mol. The van der Waals surface area contributed by atoms with E-state index in [1.165, 1.54) is 0 Å². The van der Waals surface area contributed by atoms with Gasteiger partial charge in [0, 0.05) is 33.5 Å². The van der Waals surface area contributed by atoms with E-state index < -0.39 is 0 Å². The number of hydrogen-bond acceptors (Lipinski definition) is 3. The lowest BCUT2D eigenvalue weighted by atomic mass is 10.1. The lowest BCUT2D eigenvalue weighted by Crippen LogP contribution is -2.34.